The fraction of sp³-hybridized carbons (Fsp3) is 0.353. The zero-order valence-corrected chi connectivity index (χ0v) is 14.0. The summed E-state index contributed by atoms with van der Waals surface area (Å²) < 4.78 is 14.7. The summed E-state index contributed by atoms with van der Waals surface area (Å²) in [7, 11) is 1.76. The maximum Gasteiger partial charge on any atom is 0.262 e. The lowest BCUT2D eigenvalue weighted by molar-refractivity contribution is 0.207. The molecule has 24 heavy (non-hydrogen) atoms. The number of aryl methyl sites for hydroxylation is 1. The van der Waals surface area contributed by atoms with Crippen molar-refractivity contribution in [1.82, 2.24) is 24.6 Å². The SMILES string of the molecule is CCN(Cc1nc2c(cnn2C)c(=O)[nH]1)[C@@H](C)c1ccc(F)cc1. The average molecular weight is 329 g/mol. The van der Waals surface area contributed by atoms with E-state index in [-0.39, 0.29) is 17.4 Å². The standard InChI is InChI=1S/C17H20FN5O/c1-4-23(11(2)12-5-7-13(18)8-6-12)10-15-20-16-14(17(24)21-15)9-19-22(16)3/h5-9,11H,4,10H2,1-3H3,(H,20,21,24)/t11-/m0/s1. The lowest BCUT2D eigenvalue weighted by Gasteiger charge is -2.27. The Balaban J connectivity index is 1.88. The molecule has 0 aliphatic carbocycles. The number of rotatable bonds is 5. The number of hydrogen-bond acceptors (Lipinski definition) is 4. The van der Waals surface area contributed by atoms with Gasteiger partial charge < -0.3 is 4.98 Å². The van der Waals surface area contributed by atoms with Crippen LogP contribution >= 0.6 is 0 Å². The maximum absolute atomic E-state index is 13.1. The zero-order chi connectivity index (χ0) is 17.3. The van der Waals surface area contributed by atoms with Gasteiger partial charge in [-0.3, -0.25) is 14.4 Å². The largest absolute Gasteiger partial charge is 0.309 e. The van der Waals surface area contributed by atoms with Gasteiger partial charge in [0.2, 0.25) is 0 Å². The van der Waals surface area contributed by atoms with Gasteiger partial charge in [0.1, 0.15) is 17.0 Å². The predicted octanol–water partition coefficient (Wildman–Crippen LogP) is 2.38. The third-order valence-electron chi connectivity index (χ3n) is 4.31. The van der Waals surface area contributed by atoms with E-state index in [4.69, 9.17) is 0 Å². The van der Waals surface area contributed by atoms with Crippen LogP contribution in [0.4, 0.5) is 4.39 Å². The number of hydrogen-bond donors (Lipinski definition) is 1. The summed E-state index contributed by atoms with van der Waals surface area (Å²) in [4.78, 5) is 21.7. The first-order valence-corrected chi connectivity index (χ1v) is 7.90. The van der Waals surface area contributed by atoms with Crippen LogP contribution in [0.15, 0.2) is 35.3 Å². The number of benzene rings is 1. The summed E-state index contributed by atoms with van der Waals surface area (Å²) in [6.45, 7) is 5.36. The Morgan fingerprint density at radius 1 is 1.33 bits per heavy atom. The fourth-order valence-corrected chi connectivity index (χ4v) is 2.82. The smallest absolute Gasteiger partial charge is 0.262 e. The summed E-state index contributed by atoms with van der Waals surface area (Å²) in [6, 6.07) is 6.55. The van der Waals surface area contributed by atoms with Crippen LogP contribution in [0.5, 0.6) is 0 Å². The molecule has 1 atom stereocenters. The highest BCUT2D eigenvalue weighted by Gasteiger charge is 2.17. The Kier molecular flexibility index (Phi) is 4.44. The van der Waals surface area contributed by atoms with Crippen molar-refractivity contribution in [3.05, 3.63) is 58.0 Å². The first-order chi connectivity index (χ1) is 11.5. The first kappa shape index (κ1) is 16.3. The molecule has 2 aromatic heterocycles. The number of halogens is 1. The van der Waals surface area contributed by atoms with Crippen LogP contribution in [0.25, 0.3) is 11.0 Å². The highest BCUT2D eigenvalue weighted by molar-refractivity contribution is 5.72. The lowest BCUT2D eigenvalue weighted by atomic mass is 10.1. The second-order valence-electron chi connectivity index (χ2n) is 5.81. The topological polar surface area (TPSA) is 66.8 Å². The Morgan fingerprint density at radius 3 is 2.71 bits per heavy atom. The molecule has 126 valence electrons. The number of nitrogens with zero attached hydrogens (tertiary/aromatic N) is 4. The molecule has 0 bridgehead atoms. The quantitative estimate of drug-likeness (QED) is 0.780. The number of aromatic amines is 1. The Labute approximate surface area is 138 Å². The summed E-state index contributed by atoms with van der Waals surface area (Å²) in [5, 5.41) is 4.56. The van der Waals surface area contributed by atoms with Crippen LogP contribution in [-0.2, 0) is 13.6 Å². The first-order valence-electron chi connectivity index (χ1n) is 7.90. The van der Waals surface area contributed by atoms with E-state index in [1.54, 1.807) is 23.9 Å². The van der Waals surface area contributed by atoms with Gasteiger partial charge in [-0.25, -0.2) is 9.37 Å². The molecule has 3 rings (SSSR count). The van der Waals surface area contributed by atoms with Crippen molar-refractivity contribution in [3.63, 3.8) is 0 Å². The average Bonchev–Trinajstić information content (AvgIpc) is 2.94. The van der Waals surface area contributed by atoms with Gasteiger partial charge in [0.25, 0.3) is 5.56 Å². The molecule has 0 aliphatic rings. The van der Waals surface area contributed by atoms with Gasteiger partial charge >= 0.3 is 0 Å². The molecule has 0 radical (unpaired) electrons. The predicted molar refractivity (Wildman–Crippen MR) is 90.0 cm³/mol. The minimum atomic E-state index is -0.248. The third kappa shape index (κ3) is 3.07. The van der Waals surface area contributed by atoms with E-state index in [0.717, 1.165) is 12.1 Å². The summed E-state index contributed by atoms with van der Waals surface area (Å²) >= 11 is 0. The third-order valence-corrected chi connectivity index (χ3v) is 4.31. The van der Waals surface area contributed by atoms with E-state index in [2.05, 4.69) is 26.9 Å². The molecule has 2 heterocycles. The van der Waals surface area contributed by atoms with Crippen molar-refractivity contribution >= 4 is 11.0 Å². The van der Waals surface area contributed by atoms with Crippen molar-refractivity contribution in [2.24, 2.45) is 7.05 Å². The Bertz CT molecular complexity index is 899. The zero-order valence-electron chi connectivity index (χ0n) is 14.0. The van der Waals surface area contributed by atoms with Crippen molar-refractivity contribution in [3.8, 4) is 0 Å². The van der Waals surface area contributed by atoms with Crippen LogP contribution < -0.4 is 5.56 Å². The molecule has 6 nitrogen and oxygen atoms in total. The Hall–Kier alpha value is -2.54. The lowest BCUT2D eigenvalue weighted by Crippen LogP contribution is -2.28. The second-order valence-corrected chi connectivity index (χ2v) is 5.81. The van der Waals surface area contributed by atoms with Gasteiger partial charge in [-0.2, -0.15) is 5.10 Å². The van der Waals surface area contributed by atoms with Gasteiger partial charge in [0, 0.05) is 13.1 Å². The summed E-state index contributed by atoms with van der Waals surface area (Å²) in [6.07, 6.45) is 1.52. The van der Waals surface area contributed by atoms with Crippen molar-refractivity contribution in [2.45, 2.75) is 26.4 Å². The molecule has 0 saturated heterocycles. The molecule has 7 heteroatoms. The van der Waals surface area contributed by atoms with Gasteiger partial charge in [-0.15, -0.1) is 0 Å². The van der Waals surface area contributed by atoms with E-state index < -0.39 is 0 Å². The van der Waals surface area contributed by atoms with Crippen LogP contribution in [-0.4, -0.2) is 31.2 Å². The number of H-pyrrole nitrogens is 1. The molecular formula is C17H20FN5O. The van der Waals surface area contributed by atoms with Crippen LogP contribution in [0, 0.1) is 5.82 Å². The Morgan fingerprint density at radius 2 is 2.04 bits per heavy atom. The number of aromatic nitrogens is 4. The minimum Gasteiger partial charge on any atom is -0.309 e. The molecule has 1 N–H and O–H groups in total. The fourth-order valence-electron chi connectivity index (χ4n) is 2.82. The highest BCUT2D eigenvalue weighted by atomic mass is 19.1. The molecule has 0 aliphatic heterocycles. The highest BCUT2D eigenvalue weighted by Crippen LogP contribution is 2.21. The molecule has 0 unspecified atom stereocenters. The summed E-state index contributed by atoms with van der Waals surface area (Å²) in [5.41, 5.74) is 1.40. The van der Waals surface area contributed by atoms with E-state index in [1.165, 1.54) is 18.3 Å². The minimum absolute atomic E-state index is 0.0723. The van der Waals surface area contributed by atoms with Crippen molar-refractivity contribution in [1.29, 1.82) is 0 Å². The van der Waals surface area contributed by atoms with E-state index in [9.17, 15) is 9.18 Å². The maximum atomic E-state index is 13.1. The van der Waals surface area contributed by atoms with Crippen LogP contribution in [0.2, 0.25) is 0 Å². The van der Waals surface area contributed by atoms with Crippen molar-refractivity contribution < 1.29 is 4.39 Å². The second kappa shape index (κ2) is 6.52. The molecule has 0 fully saturated rings. The molecule has 0 spiro atoms. The van der Waals surface area contributed by atoms with Gasteiger partial charge in [0.15, 0.2) is 5.65 Å². The summed E-state index contributed by atoms with van der Waals surface area (Å²) in [5.74, 6) is 0.341. The molecule has 3 aromatic rings. The van der Waals surface area contributed by atoms with Gasteiger partial charge in [0.05, 0.1) is 12.7 Å². The number of fused-ring (bicyclic) bond motifs is 1. The van der Waals surface area contributed by atoms with Gasteiger partial charge in [-0.1, -0.05) is 19.1 Å². The van der Waals surface area contributed by atoms with E-state index in [0.29, 0.717) is 23.4 Å². The van der Waals surface area contributed by atoms with E-state index >= 15 is 0 Å². The monoisotopic (exact) mass is 329 g/mol. The van der Waals surface area contributed by atoms with Gasteiger partial charge in [-0.05, 0) is 31.2 Å². The van der Waals surface area contributed by atoms with E-state index in [1.807, 2.05) is 6.92 Å². The van der Waals surface area contributed by atoms with Crippen molar-refractivity contribution in [2.75, 3.05) is 6.54 Å². The molecule has 0 amide bonds. The molecular weight excluding hydrogens is 309 g/mol. The molecule has 0 saturated carbocycles. The van der Waals surface area contributed by atoms with Crippen LogP contribution in [0.1, 0.15) is 31.3 Å². The number of nitrogens with one attached hydrogen (secondary N) is 1. The molecule has 1 aromatic carbocycles. The normalized spacial score (nSPS) is 12.9. The van der Waals surface area contributed by atoms with Crippen LogP contribution in [0.3, 0.4) is 0 Å².